The van der Waals surface area contributed by atoms with Crippen molar-refractivity contribution in [1.29, 1.82) is 0 Å². The van der Waals surface area contributed by atoms with Gasteiger partial charge in [-0.05, 0) is 48.5 Å². The van der Waals surface area contributed by atoms with Crippen LogP contribution >= 0.6 is 46.4 Å². The number of carbonyl (C=O) groups is 1. The van der Waals surface area contributed by atoms with Crippen LogP contribution in [0.4, 0.5) is 0 Å². The van der Waals surface area contributed by atoms with Gasteiger partial charge in [0.05, 0.1) is 15.6 Å². The molecule has 2 aliphatic heterocycles. The first-order valence-corrected chi connectivity index (χ1v) is 9.42. The minimum absolute atomic E-state index is 0.282. The molecular formula is C20H8Cl4O3. The summed E-state index contributed by atoms with van der Waals surface area (Å²) >= 11 is 24.7. The van der Waals surface area contributed by atoms with Crippen molar-refractivity contribution in [1.82, 2.24) is 0 Å². The van der Waals surface area contributed by atoms with Gasteiger partial charge in [-0.25, -0.2) is 4.79 Å². The van der Waals surface area contributed by atoms with Crippen molar-refractivity contribution in [3.63, 3.8) is 0 Å². The molecule has 0 aliphatic carbocycles. The minimum Gasteiger partial charge on any atom is -0.456 e. The molecule has 7 heteroatoms. The topological polar surface area (TPSA) is 35.5 Å². The Morgan fingerprint density at radius 2 is 1.26 bits per heavy atom. The van der Waals surface area contributed by atoms with E-state index in [1.807, 2.05) is 0 Å². The second-order valence-electron chi connectivity index (χ2n) is 6.27. The van der Waals surface area contributed by atoms with Crippen molar-refractivity contribution < 1.29 is 14.3 Å². The normalized spacial score (nSPS) is 15.6. The van der Waals surface area contributed by atoms with Crippen molar-refractivity contribution in [2.24, 2.45) is 0 Å². The molecule has 3 aromatic carbocycles. The van der Waals surface area contributed by atoms with E-state index < -0.39 is 11.6 Å². The molecular weight excluding hydrogens is 430 g/mol. The van der Waals surface area contributed by atoms with Gasteiger partial charge in [0.15, 0.2) is 5.60 Å². The highest BCUT2D eigenvalue weighted by molar-refractivity contribution is 6.42. The molecule has 0 saturated carbocycles. The second kappa shape index (κ2) is 5.79. The summed E-state index contributed by atoms with van der Waals surface area (Å²) in [5.74, 6) is 0.459. The van der Waals surface area contributed by atoms with Gasteiger partial charge in [0.2, 0.25) is 0 Å². The van der Waals surface area contributed by atoms with Crippen LogP contribution in [0.25, 0.3) is 0 Å². The number of benzene rings is 3. The van der Waals surface area contributed by atoms with Crippen molar-refractivity contribution in [2.45, 2.75) is 5.60 Å². The van der Waals surface area contributed by atoms with E-state index in [-0.39, 0.29) is 5.02 Å². The maximum absolute atomic E-state index is 12.7. The molecule has 1 spiro atoms. The molecule has 2 aliphatic rings. The summed E-state index contributed by atoms with van der Waals surface area (Å²) < 4.78 is 12.0. The molecule has 0 amide bonds. The van der Waals surface area contributed by atoms with Gasteiger partial charge in [-0.15, -0.1) is 0 Å². The van der Waals surface area contributed by atoms with E-state index in [0.717, 1.165) is 0 Å². The van der Waals surface area contributed by atoms with Gasteiger partial charge in [0.25, 0.3) is 0 Å². The lowest BCUT2D eigenvalue weighted by atomic mass is 9.78. The molecule has 0 aromatic heterocycles. The molecule has 134 valence electrons. The molecule has 0 bridgehead atoms. The fourth-order valence-corrected chi connectivity index (χ4v) is 4.31. The van der Waals surface area contributed by atoms with Gasteiger partial charge in [0, 0.05) is 26.7 Å². The summed E-state index contributed by atoms with van der Waals surface area (Å²) in [4.78, 5) is 12.7. The third-order valence-corrected chi connectivity index (χ3v) is 5.96. The predicted molar refractivity (Wildman–Crippen MR) is 105 cm³/mol. The SMILES string of the molecule is O=C1OC2(c3ccc(Cl)cc3Oc3cc(Cl)ccc32)c2cc(Cl)c(Cl)cc21. The average Bonchev–Trinajstić information content (AvgIpc) is 2.88. The standard InChI is InChI=1S/C20H8Cl4O3/c21-9-1-3-12-17(5-9)26-18-6-10(22)2-4-13(18)20(12)14-8-16(24)15(23)7-11(14)19(25)27-20/h1-8H. The lowest BCUT2D eigenvalue weighted by Gasteiger charge is -2.36. The summed E-state index contributed by atoms with van der Waals surface area (Å²) in [7, 11) is 0. The van der Waals surface area contributed by atoms with Crippen LogP contribution in [0.1, 0.15) is 27.0 Å². The second-order valence-corrected chi connectivity index (χ2v) is 7.95. The Hall–Kier alpha value is -1.91. The van der Waals surface area contributed by atoms with Crippen LogP contribution in [0.15, 0.2) is 48.5 Å². The highest BCUT2D eigenvalue weighted by atomic mass is 35.5. The van der Waals surface area contributed by atoms with E-state index in [2.05, 4.69) is 0 Å². The molecule has 0 atom stereocenters. The number of hydrogen-bond donors (Lipinski definition) is 0. The highest BCUT2D eigenvalue weighted by Crippen LogP contribution is 2.57. The molecule has 2 heterocycles. The van der Waals surface area contributed by atoms with Crippen molar-refractivity contribution >= 4 is 52.4 Å². The van der Waals surface area contributed by atoms with Crippen LogP contribution in [-0.4, -0.2) is 5.97 Å². The van der Waals surface area contributed by atoms with Gasteiger partial charge in [-0.3, -0.25) is 0 Å². The number of halogens is 4. The Morgan fingerprint density at radius 3 is 1.85 bits per heavy atom. The Morgan fingerprint density at radius 1 is 0.704 bits per heavy atom. The van der Waals surface area contributed by atoms with Gasteiger partial charge in [-0.2, -0.15) is 0 Å². The fraction of sp³-hybridized carbons (Fsp3) is 0.0500. The summed E-state index contributed by atoms with van der Waals surface area (Å²) in [6, 6.07) is 13.5. The maximum atomic E-state index is 12.7. The third kappa shape index (κ3) is 2.33. The summed E-state index contributed by atoms with van der Waals surface area (Å²) in [6.45, 7) is 0. The van der Waals surface area contributed by atoms with E-state index in [0.29, 0.717) is 48.8 Å². The third-order valence-electron chi connectivity index (χ3n) is 4.77. The first-order chi connectivity index (χ1) is 12.9. The zero-order valence-electron chi connectivity index (χ0n) is 13.4. The number of carbonyl (C=O) groups excluding carboxylic acids is 1. The lowest BCUT2D eigenvalue weighted by molar-refractivity contribution is 0.0224. The Balaban J connectivity index is 1.92. The minimum atomic E-state index is -1.22. The van der Waals surface area contributed by atoms with E-state index in [4.69, 9.17) is 55.9 Å². The predicted octanol–water partition coefficient (Wildman–Crippen LogP) is 6.87. The van der Waals surface area contributed by atoms with Gasteiger partial charge < -0.3 is 9.47 Å². The van der Waals surface area contributed by atoms with Gasteiger partial charge >= 0.3 is 5.97 Å². The lowest BCUT2D eigenvalue weighted by Crippen LogP contribution is -2.33. The monoisotopic (exact) mass is 436 g/mol. The van der Waals surface area contributed by atoms with Crippen molar-refractivity contribution in [3.05, 3.63) is 90.9 Å². The summed E-state index contributed by atoms with van der Waals surface area (Å²) in [5.41, 5.74) is 1.02. The van der Waals surface area contributed by atoms with E-state index in [9.17, 15) is 4.79 Å². The molecule has 27 heavy (non-hydrogen) atoms. The summed E-state index contributed by atoms with van der Waals surface area (Å²) in [5, 5.41) is 1.59. The van der Waals surface area contributed by atoms with Crippen LogP contribution in [0.3, 0.4) is 0 Å². The maximum Gasteiger partial charge on any atom is 0.340 e. The van der Waals surface area contributed by atoms with E-state index in [1.165, 1.54) is 6.07 Å². The number of rotatable bonds is 0. The Bertz CT molecular complexity index is 1100. The smallest absolute Gasteiger partial charge is 0.340 e. The molecule has 5 rings (SSSR count). The molecule has 3 nitrogen and oxygen atoms in total. The first-order valence-electron chi connectivity index (χ1n) is 7.91. The van der Waals surface area contributed by atoms with Gasteiger partial charge in [0.1, 0.15) is 11.5 Å². The molecule has 0 radical (unpaired) electrons. The number of ether oxygens (including phenoxy) is 2. The molecule has 3 aromatic rings. The van der Waals surface area contributed by atoms with Crippen molar-refractivity contribution in [2.75, 3.05) is 0 Å². The molecule has 0 unspecified atom stereocenters. The quantitative estimate of drug-likeness (QED) is 0.360. The van der Waals surface area contributed by atoms with E-state index in [1.54, 1.807) is 42.5 Å². The van der Waals surface area contributed by atoms with Gasteiger partial charge in [-0.1, -0.05) is 46.4 Å². The number of hydrogen-bond acceptors (Lipinski definition) is 3. The molecule has 0 saturated heterocycles. The first kappa shape index (κ1) is 17.2. The molecule has 0 N–H and O–H groups in total. The zero-order chi connectivity index (χ0) is 18.9. The van der Waals surface area contributed by atoms with Crippen LogP contribution in [0.2, 0.25) is 20.1 Å². The Kier molecular flexibility index (Phi) is 3.69. The largest absolute Gasteiger partial charge is 0.456 e. The Labute approximate surface area is 174 Å². The number of fused-ring (bicyclic) bond motifs is 6. The van der Waals surface area contributed by atoms with Crippen LogP contribution in [0, 0.1) is 0 Å². The zero-order valence-corrected chi connectivity index (χ0v) is 16.4. The highest BCUT2D eigenvalue weighted by Gasteiger charge is 2.53. The van der Waals surface area contributed by atoms with E-state index >= 15 is 0 Å². The fourth-order valence-electron chi connectivity index (χ4n) is 3.66. The van der Waals surface area contributed by atoms with Crippen LogP contribution < -0.4 is 4.74 Å². The average molecular weight is 438 g/mol. The number of esters is 1. The van der Waals surface area contributed by atoms with Crippen molar-refractivity contribution in [3.8, 4) is 11.5 Å². The summed E-state index contributed by atoms with van der Waals surface area (Å²) in [6.07, 6.45) is 0. The van der Waals surface area contributed by atoms with Crippen LogP contribution in [0.5, 0.6) is 11.5 Å². The van der Waals surface area contributed by atoms with Crippen LogP contribution in [-0.2, 0) is 10.3 Å². The molecule has 0 fully saturated rings.